The van der Waals surface area contributed by atoms with Gasteiger partial charge in [-0.1, -0.05) is 6.07 Å². The number of imidazole rings is 1. The van der Waals surface area contributed by atoms with E-state index in [2.05, 4.69) is 43.5 Å². The number of hydrogen-bond donors (Lipinski definition) is 3. The summed E-state index contributed by atoms with van der Waals surface area (Å²) < 4.78 is 0. The van der Waals surface area contributed by atoms with E-state index in [4.69, 9.17) is 0 Å². The maximum atomic E-state index is 13.1. The van der Waals surface area contributed by atoms with Crippen molar-refractivity contribution in [3.8, 4) is 11.4 Å². The van der Waals surface area contributed by atoms with Crippen molar-refractivity contribution in [2.75, 3.05) is 31.5 Å². The molecule has 1 saturated heterocycles. The summed E-state index contributed by atoms with van der Waals surface area (Å²) >= 11 is 1.70. The fourth-order valence-corrected chi connectivity index (χ4v) is 6.29. The number of pyridine rings is 1. The van der Waals surface area contributed by atoms with E-state index < -0.39 is 0 Å². The van der Waals surface area contributed by atoms with Gasteiger partial charge in [0.2, 0.25) is 0 Å². The van der Waals surface area contributed by atoms with Gasteiger partial charge in [-0.3, -0.25) is 19.3 Å². The van der Waals surface area contributed by atoms with Crippen LogP contribution in [0.1, 0.15) is 51.8 Å². The van der Waals surface area contributed by atoms with Crippen LogP contribution >= 0.6 is 11.3 Å². The molecule has 2 aliphatic rings. The Hall–Kier alpha value is -3.76. The standard InChI is InChI=1S/C28H30N6O3S/c1-17(14-18-6-4-13-38-18)30-21-7-8-29-26(35)24(21)25-31-22-15-19-20(16-23(22)32-25)28(37)34(27(19)36)12-5-11-33-9-2-3-10-33/h4,6-8,13,15-17H,2-3,5,9-12,14H2,1H3,(H,31,32)(H2,29,30,35)/t17-/m1/s1. The molecular formula is C28H30N6O3S. The number of hydrogen-bond acceptors (Lipinski definition) is 7. The normalized spacial score (nSPS) is 16.5. The van der Waals surface area contributed by atoms with Gasteiger partial charge in [0, 0.05) is 30.1 Å². The third-order valence-corrected chi connectivity index (χ3v) is 8.21. The summed E-state index contributed by atoms with van der Waals surface area (Å²) in [5, 5.41) is 5.50. The van der Waals surface area contributed by atoms with E-state index >= 15 is 0 Å². The number of anilines is 1. The highest BCUT2D eigenvalue weighted by molar-refractivity contribution is 7.09. The largest absolute Gasteiger partial charge is 0.381 e. The molecule has 6 rings (SSSR count). The van der Waals surface area contributed by atoms with Crippen LogP contribution in [0.4, 0.5) is 5.69 Å². The number of H-pyrrole nitrogens is 2. The van der Waals surface area contributed by atoms with E-state index in [0.717, 1.165) is 32.5 Å². The number of nitrogens with one attached hydrogen (secondary N) is 3. The molecule has 38 heavy (non-hydrogen) atoms. The third kappa shape index (κ3) is 4.65. The monoisotopic (exact) mass is 530 g/mol. The van der Waals surface area contributed by atoms with Gasteiger partial charge in [-0.05, 0) is 75.5 Å². The zero-order chi connectivity index (χ0) is 26.2. The third-order valence-electron chi connectivity index (χ3n) is 7.31. The number of carbonyl (C=O) groups excluding carboxylic acids is 2. The number of imide groups is 1. The molecule has 1 aromatic carbocycles. The molecule has 0 saturated carbocycles. The fourth-order valence-electron chi connectivity index (χ4n) is 5.45. The number of nitrogens with zero attached hydrogens (tertiary/aromatic N) is 3. The van der Waals surface area contributed by atoms with Gasteiger partial charge >= 0.3 is 0 Å². The first-order valence-electron chi connectivity index (χ1n) is 13.1. The van der Waals surface area contributed by atoms with E-state index in [-0.39, 0.29) is 23.4 Å². The Morgan fingerprint density at radius 2 is 1.87 bits per heavy atom. The van der Waals surface area contributed by atoms with Gasteiger partial charge < -0.3 is 20.2 Å². The second-order valence-electron chi connectivity index (χ2n) is 10.1. The number of rotatable bonds is 9. The highest BCUT2D eigenvalue weighted by atomic mass is 32.1. The van der Waals surface area contributed by atoms with Crippen molar-refractivity contribution in [1.29, 1.82) is 0 Å². The molecule has 196 valence electrons. The maximum Gasteiger partial charge on any atom is 0.261 e. The van der Waals surface area contributed by atoms with E-state index in [1.54, 1.807) is 29.7 Å². The SMILES string of the molecule is C[C@H](Cc1cccs1)Nc1cc[nH]c(=O)c1-c1nc2cc3c(cc2[nH]1)C(=O)N(CCCN1CCCC1)C3=O. The van der Waals surface area contributed by atoms with Crippen LogP contribution < -0.4 is 10.9 Å². The molecule has 0 bridgehead atoms. The molecule has 3 aromatic heterocycles. The Balaban J connectivity index is 1.24. The lowest BCUT2D eigenvalue weighted by Gasteiger charge is -2.17. The first-order chi connectivity index (χ1) is 18.5. The van der Waals surface area contributed by atoms with Crippen LogP contribution in [0.2, 0.25) is 0 Å². The van der Waals surface area contributed by atoms with E-state index in [0.29, 0.717) is 45.8 Å². The molecule has 5 heterocycles. The molecule has 0 radical (unpaired) electrons. The molecule has 9 nitrogen and oxygen atoms in total. The van der Waals surface area contributed by atoms with E-state index in [1.807, 2.05) is 12.1 Å². The van der Waals surface area contributed by atoms with Gasteiger partial charge in [0.05, 0.1) is 27.8 Å². The topological polar surface area (TPSA) is 114 Å². The Kier molecular flexibility index (Phi) is 6.59. The quantitative estimate of drug-likeness (QED) is 0.281. The second kappa shape index (κ2) is 10.2. The van der Waals surface area contributed by atoms with Gasteiger partial charge in [-0.15, -0.1) is 11.3 Å². The van der Waals surface area contributed by atoms with Crippen molar-refractivity contribution in [1.82, 2.24) is 24.8 Å². The van der Waals surface area contributed by atoms with Crippen molar-refractivity contribution >= 4 is 39.9 Å². The van der Waals surface area contributed by atoms with Crippen LogP contribution in [0.3, 0.4) is 0 Å². The Labute approximate surface area is 223 Å². The minimum Gasteiger partial charge on any atom is -0.381 e. The van der Waals surface area contributed by atoms with Crippen LogP contribution in [-0.2, 0) is 6.42 Å². The van der Waals surface area contributed by atoms with Crippen LogP contribution in [0, 0.1) is 0 Å². The lowest BCUT2D eigenvalue weighted by atomic mass is 10.1. The average Bonchev–Trinajstić information content (AvgIpc) is 3.69. The Bertz CT molecular complexity index is 1500. The molecule has 10 heteroatoms. The summed E-state index contributed by atoms with van der Waals surface area (Å²) in [7, 11) is 0. The van der Waals surface area contributed by atoms with Crippen molar-refractivity contribution < 1.29 is 9.59 Å². The van der Waals surface area contributed by atoms with Gasteiger partial charge in [0.1, 0.15) is 11.4 Å². The highest BCUT2D eigenvalue weighted by Crippen LogP contribution is 2.30. The van der Waals surface area contributed by atoms with Gasteiger partial charge in [-0.25, -0.2) is 4.98 Å². The molecule has 0 aliphatic carbocycles. The summed E-state index contributed by atoms with van der Waals surface area (Å²) in [6, 6.07) is 9.38. The number of aromatic amines is 2. The zero-order valence-corrected chi connectivity index (χ0v) is 22.1. The molecule has 1 atom stereocenters. The molecule has 0 unspecified atom stereocenters. The minimum absolute atomic E-state index is 0.0917. The second-order valence-corrected chi connectivity index (χ2v) is 11.1. The fraction of sp³-hybridized carbons (Fsp3) is 0.357. The molecule has 3 N–H and O–H groups in total. The molecule has 0 spiro atoms. The number of likely N-dealkylation sites (tertiary alicyclic amines) is 1. The number of amides is 2. The van der Waals surface area contributed by atoms with Crippen LogP contribution in [0.15, 0.2) is 46.7 Å². The number of fused-ring (bicyclic) bond motifs is 2. The summed E-state index contributed by atoms with van der Waals surface area (Å²) in [4.78, 5) is 54.7. The van der Waals surface area contributed by atoms with Crippen LogP contribution in [-0.4, -0.2) is 68.8 Å². The average molecular weight is 531 g/mol. The Morgan fingerprint density at radius 3 is 2.63 bits per heavy atom. The lowest BCUT2D eigenvalue weighted by Crippen LogP contribution is -2.33. The van der Waals surface area contributed by atoms with Crippen molar-refractivity contribution in [2.24, 2.45) is 0 Å². The number of carbonyl (C=O) groups is 2. The van der Waals surface area contributed by atoms with Crippen molar-refractivity contribution in [2.45, 2.75) is 38.6 Å². The lowest BCUT2D eigenvalue weighted by molar-refractivity contribution is 0.0648. The summed E-state index contributed by atoms with van der Waals surface area (Å²) in [5.74, 6) is -0.161. The van der Waals surface area contributed by atoms with Gasteiger partial charge in [0.25, 0.3) is 17.4 Å². The predicted molar refractivity (Wildman–Crippen MR) is 149 cm³/mol. The highest BCUT2D eigenvalue weighted by Gasteiger charge is 2.36. The number of benzene rings is 1. The van der Waals surface area contributed by atoms with Crippen molar-refractivity contribution in [3.63, 3.8) is 0 Å². The number of aromatic nitrogens is 3. The summed E-state index contributed by atoms with van der Waals surface area (Å²) in [6.07, 6.45) is 5.64. The molecule has 2 amide bonds. The minimum atomic E-state index is -0.278. The van der Waals surface area contributed by atoms with E-state index in [1.165, 1.54) is 22.6 Å². The van der Waals surface area contributed by atoms with Gasteiger partial charge in [-0.2, -0.15) is 0 Å². The first kappa shape index (κ1) is 24.6. The summed E-state index contributed by atoms with van der Waals surface area (Å²) in [5.41, 5.74) is 2.68. The predicted octanol–water partition coefficient (Wildman–Crippen LogP) is 4.10. The molecular weight excluding hydrogens is 500 g/mol. The van der Waals surface area contributed by atoms with E-state index in [9.17, 15) is 14.4 Å². The molecule has 4 aromatic rings. The van der Waals surface area contributed by atoms with Crippen LogP contribution in [0.25, 0.3) is 22.4 Å². The van der Waals surface area contributed by atoms with Crippen LogP contribution in [0.5, 0.6) is 0 Å². The van der Waals surface area contributed by atoms with Gasteiger partial charge in [0.15, 0.2) is 0 Å². The van der Waals surface area contributed by atoms with Crippen molar-refractivity contribution in [3.05, 3.63) is 68.3 Å². The maximum absolute atomic E-state index is 13.1. The Morgan fingerprint density at radius 1 is 1.08 bits per heavy atom. The smallest absolute Gasteiger partial charge is 0.261 e. The molecule has 1 fully saturated rings. The molecule has 2 aliphatic heterocycles. The first-order valence-corrected chi connectivity index (χ1v) is 14.0. The summed E-state index contributed by atoms with van der Waals surface area (Å²) in [6.45, 7) is 5.56. The zero-order valence-electron chi connectivity index (χ0n) is 21.3. The number of thiophene rings is 1.